The van der Waals surface area contributed by atoms with Gasteiger partial charge in [-0.25, -0.2) is 0 Å². The highest BCUT2D eigenvalue weighted by atomic mass is 16.3. The Labute approximate surface area is 117 Å². The van der Waals surface area contributed by atoms with Crippen LogP contribution < -0.4 is 5.32 Å². The van der Waals surface area contributed by atoms with E-state index in [1.165, 1.54) is 0 Å². The molecule has 100 valence electrons. The van der Waals surface area contributed by atoms with E-state index >= 15 is 0 Å². The molecule has 0 fully saturated rings. The van der Waals surface area contributed by atoms with Crippen LogP contribution in [0.3, 0.4) is 0 Å². The Morgan fingerprint density at radius 2 is 1.80 bits per heavy atom. The highest BCUT2D eigenvalue weighted by molar-refractivity contribution is 5.83. The molecule has 0 atom stereocenters. The fourth-order valence-corrected chi connectivity index (χ4v) is 2.07. The zero-order valence-electron chi connectivity index (χ0n) is 11.1. The standard InChI is InChI=1S/C17H15NO2/c1-18-14-5-2-12(3-6-14)4-8-16-11-13-10-15(19)7-9-17(13)20-16/h2-11,18-19H,1H3/b8-4+. The molecule has 0 spiro atoms. The van der Waals surface area contributed by atoms with Gasteiger partial charge in [0.1, 0.15) is 17.1 Å². The third-order valence-electron chi connectivity index (χ3n) is 3.16. The second-order valence-electron chi connectivity index (χ2n) is 4.58. The molecule has 3 heteroatoms. The van der Waals surface area contributed by atoms with Crippen molar-refractivity contribution < 1.29 is 9.52 Å². The van der Waals surface area contributed by atoms with Gasteiger partial charge in [0.05, 0.1) is 0 Å². The van der Waals surface area contributed by atoms with E-state index in [4.69, 9.17) is 4.42 Å². The van der Waals surface area contributed by atoms with Crippen LogP contribution in [-0.2, 0) is 0 Å². The van der Waals surface area contributed by atoms with Gasteiger partial charge in [-0.15, -0.1) is 0 Å². The summed E-state index contributed by atoms with van der Waals surface area (Å²) in [5.74, 6) is 1.01. The normalized spacial score (nSPS) is 11.2. The van der Waals surface area contributed by atoms with Crippen molar-refractivity contribution in [3.8, 4) is 5.75 Å². The third kappa shape index (κ3) is 2.52. The first kappa shape index (κ1) is 12.4. The van der Waals surface area contributed by atoms with Gasteiger partial charge in [-0.2, -0.15) is 0 Å². The van der Waals surface area contributed by atoms with E-state index in [0.717, 1.165) is 28.0 Å². The number of anilines is 1. The van der Waals surface area contributed by atoms with Crippen molar-refractivity contribution in [1.29, 1.82) is 0 Å². The number of rotatable bonds is 3. The van der Waals surface area contributed by atoms with E-state index in [9.17, 15) is 5.11 Å². The van der Waals surface area contributed by atoms with Crippen LogP contribution in [0.4, 0.5) is 5.69 Å². The van der Waals surface area contributed by atoms with Crippen LogP contribution in [0, 0.1) is 0 Å². The van der Waals surface area contributed by atoms with Gasteiger partial charge in [0.25, 0.3) is 0 Å². The summed E-state index contributed by atoms with van der Waals surface area (Å²) in [6.45, 7) is 0. The van der Waals surface area contributed by atoms with E-state index in [0.29, 0.717) is 0 Å². The Balaban J connectivity index is 1.85. The lowest BCUT2D eigenvalue weighted by Gasteiger charge is -1.98. The van der Waals surface area contributed by atoms with Gasteiger partial charge in [-0.3, -0.25) is 0 Å². The van der Waals surface area contributed by atoms with Gasteiger partial charge in [0.2, 0.25) is 0 Å². The molecule has 1 heterocycles. The van der Waals surface area contributed by atoms with Crippen LogP contribution in [-0.4, -0.2) is 12.2 Å². The van der Waals surface area contributed by atoms with Crippen molar-refractivity contribution in [2.75, 3.05) is 12.4 Å². The number of hydrogen-bond acceptors (Lipinski definition) is 3. The Hall–Kier alpha value is -2.68. The summed E-state index contributed by atoms with van der Waals surface area (Å²) in [6, 6.07) is 15.1. The number of furan rings is 1. The van der Waals surface area contributed by atoms with E-state index in [1.54, 1.807) is 18.2 Å². The van der Waals surface area contributed by atoms with Crippen molar-refractivity contribution in [2.24, 2.45) is 0 Å². The number of fused-ring (bicyclic) bond motifs is 1. The van der Waals surface area contributed by atoms with Gasteiger partial charge in [-0.1, -0.05) is 18.2 Å². The number of phenolic OH excluding ortho intramolecular Hbond substituents is 1. The summed E-state index contributed by atoms with van der Waals surface area (Å²) in [7, 11) is 1.90. The molecule has 2 aromatic carbocycles. The summed E-state index contributed by atoms with van der Waals surface area (Å²) < 4.78 is 5.68. The number of aromatic hydroxyl groups is 1. The first-order chi connectivity index (χ1) is 9.74. The molecule has 0 aliphatic carbocycles. The predicted molar refractivity (Wildman–Crippen MR) is 82.8 cm³/mol. The smallest absolute Gasteiger partial charge is 0.135 e. The first-order valence-corrected chi connectivity index (χ1v) is 6.43. The number of benzene rings is 2. The highest BCUT2D eigenvalue weighted by Gasteiger charge is 2.01. The summed E-state index contributed by atoms with van der Waals surface area (Å²) in [5, 5.41) is 13.4. The molecule has 0 saturated carbocycles. The largest absolute Gasteiger partial charge is 0.508 e. The zero-order chi connectivity index (χ0) is 13.9. The summed E-state index contributed by atoms with van der Waals surface area (Å²) in [5.41, 5.74) is 2.96. The van der Waals surface area contributed by atoms with Crippen LogP contribution in [0.1, 0.15) is 11.3 Å². The van der Waals surface area contributed by atoms with Crippen LogP contribution >= 0.6 is 0 Å². The molecule has 3 rings (SSSR count). The van der Waals surface area contributed by atoms with E-state index < -0.39 is 0 Å². The van der Waals surface area contributed by atoms with E-state index in [1.807, 2.05) is 49.5 Å². The molecule has 0 amide bonds. The van der Waals surface area contributed by atoms with Crippen molar-refractivity contribution in [1.82, 2.24) is 0 Å². The van der Waals surface area contributed by atoms with Gasteiger partial charge in [0, 0.05) is 18.1 Å². The molecule has 0 aliphatic rings. The monoisotopic (exact) mass is 265 g/mol. The van der Waals surface area contributed by atoms with Crippen LogP contribution in [0.25, 0.3) is 23.1 Å². The molecule has 3 aromatic rings. The average Bonchev–Trinajstić information content (AvgIpc) is 2.87. The third-order valence-corrected chi connectivity index (χ3v) is 3.16. The molecule has 2 N–H and O–H groups in total. The lowest BCUT2D eigenvalue weighted by molar-refractivity contribution is 0.476. The average molecular weight is 265 g/mol. The summed E-state index contributed by atoms with van der Waals surface area (Å²) in [6.07, 6.45) is 3.92. The SMILES string of the molecule is CNc1ccc(/C=C/c2cc3cc(O)ccc3o2)cc1. The molecular weight excluding hydrogens is 250 g/mol. The van der Waals surface area contributed by atoms with Crippen molar-refractivity contribution in [3.63, 3.8) is 0 Å². The van der Waals surface area contributed by atoms with Crippen LogP contribution in [0.5, 0.6) is 5.75 Å². The minimum absolute atomic E-state index is 0.247. The molecule has 1 aromatic heterocycles. The van der Waals surface area contributed by atoms with Crippen molar-refractivity contribution in [2.45, 2.75) is 0 Å². The minimum Gasteiger partial charge on any atom is -0.508 e. The fraction of sp³-hybridized carbons (Fsp3) is 0.0588. The maximum Gasteiger partial charge on any atom is 0.135 e. The molecule has 3 nitrogen and oxygen atoms in total. The second-order valence-corrected chi connectivity index (χ2v) is 4.58. The molecule has 0 saturated heterocycles. The van der Waals surface area contributed by atoms with Crippen LogP contribution in [0.2, 0.25) is 0 Å². The van der Waals surface area contributed by atoms with Crippen molar-refractivity contribution in [3.05, 3.63) is 59.9 Å². The van der Waals surface area contributed by atoms with E-state index in [-0.39, 0.29) is 5.75 Å². The summed E-state index contributed by atoms with van der Waals surface area (Å²) in [4.78, 5) is 0. The molecular formula is C17H15NO2. The highest BCUT2D eigenvalue weighted by Crippen LogP contribution is 2.24. The molecule has 0 aliphatic heterocycles. The number of nitrogens with one attached hydrogen (secondary N) is 1. The lowest BCUT2D eigenvalue weighted by atomic mass is 10.2. The number of hydrogen-bond donors (Lipinski definition) is 2. The maximum absolute atomic E-state index is 9.43. The molecule has 20 heavy (non-hydrogen) atoms. The Bertz CT molecular complexity index is 754. The fourth-order valence-electron chi connectivity index (χ4n) is 2.07. The molecule has 0 unspecified atom stereocenters. The van der Waals surface area contributed by atoms with Gasteiger partial charge < -0.3 is 14.8 Å². The van der Waals surface area contributed by atoms with Crippen molar-refractivity contribution >= 4 is 28.8 Å². The van der Waals surface area contributed by atoms with Gasteiger partial charge >= 0.3 is 0 Å². The Morgan fingerprint density at radius 3 is 2.55 bits per heavy atom. The maximum atomic E-state index is 9.43. The molecule has 0 radical (unpaired) electrons. The van der Waals surface area contributed by atoms with Gasteiger partial charge in [0.15, 0.2) is 0 Å². The Morgan fingerprint density at radius 1 is 1.00 bits per heavy atom. The summed E-state index contributed by atoms with van der Waals surface area (Å²) >= 11 is 0. The Kier molecular flexibility index (Phi) is 3.17. The predicted octanol–water partition coefficient (Wildman–Crippen LogP) is 4.35. The van der Waals surface area contributed by atoms with Crippen LogP contribution in [0.15, 0.2) is 52.9 Å². The topological polar surface area (TPSA) is 45.4 Å². The first-order valence-electron chi connectivity index (χ1n) is 6.43. The lowest BCUT2D eigenvalue weighted by Crippen LogP contribution is -1.86. The quantitative estimate of drug-likeness (QED) is 0.740. The number of phenols is 1. The second kappa shape index (κ2) is 5.13. The zero-order valence-corrected chi connectivity index (χ0v) is 11.1. The van der Waals surface area contributed by atoms with Gasteiger partial charge in [-0.05, 0) is 48.0 Å². The molecule has 0 bridgehead atoms. The minimum atomic E-state index is 0.247. The van der Waals surface area contributed by atoms with E-state index in [2.05, 4.69) is 5.32 Å².